The van der Waals surface area contributed by atoms with Gasteiger partial charge in [0.2, 0.25) is 5.91 Å². The zero-order valence-corrected chi connectivity index (χ0v) is 22.4. The van der Waals surface area contributed by atoms with Crippen molar-refractivity contribution in [1.82, 2.24) is 4.90 Å². The van der Waals surface area contributed by atoms with Crippen LogP contribution in [0.3, 0.4) is 0 Å². The molecule has 1 aliphatic carbocycles. The van der Waals surface area contributed by atoms with Crippen molar-refractivity contribution >= 4 is 29.3 Å². The molecule has 0 spiro atoms. The second kappa shape index (κ2) is 12.8. The highest BCUT2D eigenvalue weighted by Crippen LogP contribution is 2.29. The lowest BCUT2D eigenvalue weighted by atomic mass is 10.1. The molecule has 1 fully saturated rings. The van der Waals surface area contributed by atoms with Gasteiger partial charge in [0.05, 0.1) is 38.4 Å². The van der Waals surface area contributed by atoms with E-state index in [9.17, 15) is 14.4 Å². The van der Waals surface area contributed by atoms with Crippen LogP contribution in [0.15, 0.2) is 66.7 Å². The zero-order chi connectivity index (χ0) is 27.8. The molecule has 0 atom stereocenters. The quantitative estimate of drug-likeness (QED) is 0.336. The van der Waals surface area contributed by atoms with Crippen molar-refractivity contribution in [3.05, 3.63) is 83.4 Å². The van der Waals surface area contributed by atoms with E-state index in [4.69, 9.17) is 14.2 Å². The van der Waals surface area contributed by atoms with E-state index in [1.807, 2.05) is 42.2 Å². The molecule has 2 N–H and O–H groups in total. The first-order chi connectivity index (χ1) is 18.9. The molecule has 39 heavy (non-hydrogen) atoms. The molecule has 3 aromatic rings. The number of aryl methyl sites for hydroxylation is 1. The summed E-state index contributed by atoms with van der Waals surface area (Å²) in [6.07, 6.45) is 2.15. The number of benzene rings is 3. The third kappa shape index (κ3) is 7.50. The molecule has 204 valence electrons. The van der Waals surface area contributed by atoms with Crippen molar-refractivity contribution < 1.29 is 28.6 Å². The number of nitrogens with zero attached hydrogens (tertiary/aromatic N) is 1. The van der Waals surface area contributed by atoms with Crippen LogP contribution in [0.1, 0.15) is 34.3 Å². The third-order valence-corrected chi connectivity index (χ3v) is 6.45. The number of para-hydroxylation sites is 1. The average Bonchev–Trinajstić information content (AvgIpc) is 3.78. The SMILES string of the molecule is COC(=O)c1ccc(OCCN(C(=O)Cc2ccc(NC(=O)Nc3ccccc3C)c(OC)c2)C2CC2)cc1. The van der Waals surface area contributed by atoms with Crippen LogP contribution in [0.5, 0.6) is 11.5 Å². The molecular formula is C30H33N3O6. The summed E-state index contributed by atoms with van der Waals surface area (Å²) in [6.45, 7) is 2.71. The minimum atomic E-state index is -0.405. The van der Waals surface area contributed by atoms with Crippen LogP contribution in [0.4, 0.5) is 16.2 Å². The number of methoxy groups -OCH3 is 2. The summed E-state index contributed by atoms with van der Waals surface area (Å²) in [4.78, 5) is 39.2. The van der Waals surface area contributed by atoms with E-state index in [-0.39, 0.29) is 24.4 Å². The lowest BCUT2D eigenvalue weighted by molar-refractivity contribution is -0.131. The first-order valence-corrected chi connectivity index (χ1v) is 12.8. The number of urea groups is 1. The summed E-state index contributed by atoms with van der Waals surface area (Å²) in [7, 11) is 2.86. The molecule has 0 unspecified atom stereocenters. The van der Waals surface area contributed by atoms with Gasteiger partial charge in [0, 0.05) is 11.7 Å². The molecular weight excluding hydrogens is 498 g/mol. The second-order valence-corrected chi connectivity index (χ2v) is 9.29. The lowest BCUT2D eigenvalue weighted by Crippen LogP contribution is -2.37. The highest BCUT2D eigenvalue weighted by Gasteiger charge is 2.32. The van der Waals surface area contributed by atoms with Gasteiger partial charge in [-0.05, 0) is 73.4 Å². The summed E-state index contributed by atoms with van der Waals surface area (Å²) in [5.74, 6) is 0.683. The number of carbonyl (C=O) groups is 3. The molecule has 0 aliphatic heterocycles. The zero-order valence-electron chi connectivity index (χ0n) is 22.4. The van der Waals surface area contributed by atoms with Crippen molar-refractivity contribution in [2.75, 3.05) is 38.0 Å². The van der Waals surface area contributed by atoms with Crippen molar-refractivity contribution in [3.8, 4) is 11.5 Å². The van der Waals surface area contributed by atoms with Crippen LogP contribution < -0.4 is 20.1 Å². The van der Waals surface area contributed by atoms with Gasteiger partial charge in [0.15, 0.2) is 0 Å². The Morgan fingerprint density at radius 3 is 2.31 bits per heavy atom. The molecule has 3 aromatic carbocycles. The molecule has 4 rings (SSSR count). The Labute approximate surface area is 228 Å². The number of nitrogens with one attached hydrogen (secondary N) is 2. The predicted molar refractivity (Wildman–Crippen MR) is 149 cm³/mol. The molecule has 0 aromatic heterocycles. The van der Waals surface area contributed by atoms with Crippen molar-refractivity contribution in [3.63, 3.8) is 0 Å². The minimum absolute atomic E-state index is 0.00203. The fourth-order valence-corrected chi connectivity index (χ4v) is 4.18. The minimum Gasteiger partial charge on any atom is -0.495 e. The molecule has 1 saturated carbocycles. The van der Waals surface area contributed by atoms with E-state index in [0.29, 0.717) is 35.9 Å². The standard InChI is InChI=1S/C30H33N3O6/c1-20-6-4-5-7-25(20)31-30(36)32-26-15-8-21(18-27(26)37-2)19-28(34)33(23-11-12-23)16-17-39-24-13-9-22(10-14-24)29(35)38-3/h4-10,13-15,18,23H,11-12,16-17,19H2,1-3H3,(H2,31,32,36). The van der Waals surface area contributed by atoms with E-state index in [1.165, 1.54) is 14.2 Å². The Morgan fingerprint density at radius 1 is 0.923 bits per heavy atom. The maximum absolute atomic E-state index is 13.2. The Bertz CT molecular complexity index is 1320. The highest BCUT2D eigenvalue weighted by atomic mass is 16.5. The normalized spacial score (nSPS) is 12.3. The van der Waals surface area contributed by atoms with Gasteiger partial charge in [0.25, 0.3) is 0 Å². The van der Waals surface area contributed by atoms with Gasteiger partial charge in [-0.25, -0.2) is 9.59 Å². The van der Waals surface area contributed by atoms with E-state index >= 15 is 0 Å². The largest absolute Gasteiger partial charge is 0.495 e. The number of hydrogen-bond donors (Lipinski definition) is 2. The van der Waals surface area contributed by atoms with Crippen LogP contribution in [0, 0.1) is 6.92 Å². The molecule has 0 bridgehead atoms. The van der Waals surface area contributed by atoms with Crippen LogP contribution in [-0.4, -0.2) is 56.2 Å². The summed E-state index contributed by atoms with van der Waals surface area (Å²) in [5.41, 5.74) is 3.41. The molecule has 0 heterocycles. The van der Waals surface area contributed by atoms with Crippen molar-refractivity contribution in [2.45, 2.75) is 32.2 Å². The third-order valence-electron chi connectivity index (χ3n) is 6.45. The van der Waals surface area contributed by atoms with Crippen LogP contribution >= 0.6 is 0 Å². The smallest absolute Gasteiger partial charge is 0.337 e. The van der Waals surface area contributed by atoms with Gasteiger partial charge >= 0.3 is 12.0 Å². The lowest BCUT2D eigenvalue weighted by Gasteiger charge is -2.23. The van der Waals surface area contributed by atoms with E-state index < -0.39 is 5.97 Å². The first kappa shape index (κ1) is 27.5. The van der Waals surface area contributed by atoms with Gasteiger partial charge in [-0.2, -0.15) is 0 Å². The summed E-state index contributed by atoms with van der Waals surface area (Å²) in [6, 6.07) is 19.4. The molecule has 1 aliphatic rings. The summed E-state index contributed by atoms with van der Waals surface area (Å²) in [5, 5.41) is 5.65. The van der Waals surface area contributed by atoms with Crippen LogP contribution in [-0.2, 0) is 16.0 Å². The van der Waals surface area contributed by atoms with Gasteiger partial charge in [0.1, 0.15) is 18.1 Å². The van der Waals surface area contributed by atoms with Crippen molar-refractivity contribution in [1.29, 1.82) is 0 Å². The highest BCUT2D eigenvalue weighted by molar-refractivity contribution is 6.01. The number of ether oxygens (including phenoxy) is 3. The van der Waals surface area contributed by atoms with E-state index in [2.05, 4.69) is 10.6 Å². The van der Waals surface area contributed by atoms with Gasteiger partial charge in [-0.1, -0.05) is 24.3 Å². The Balaban J connectivity index is 1.33. The topological polar surface area (TPSA) is 106 Å². The first-order valence-electron chi connectivity index (χ1n) is 12.8. The van der Waals surface area contributed by atoms with Gasteiger partial charge < -0.3 is 29.7 Å². The molecule has 0 saturated heterocycles. The maximum Gasteiger partial charge on any atom is 0.337 e. The number of anilines is 2. The predicted octanol–water partition coefficient (Wildman–Crippen LogP) is 5.05. The number of esters is 1. The average molecular weight is 532 g/mol. The van der Waals surface area contributed by atoms with Crippen LogP contribution in [0.2, 0.25) is 0 Å². The summed E-state index contributed by atoms with van der Waals surface area (Å²) < 4.78 is 16.0. The number of carbonyl (C=O) groups excluding carboxylic acids is 3. The second-order valence-electron chi connectivity index (χ2n) is 9.29. The number of hydrogen-bond acceptors (Lipinski definition) is 6. The van der Waals surface area contributed by atoms with Gasteiger partial charge in [-0.3, -0.25) is 4.79 Å². The molecule has 9 nitrogen and oxygen atoms in total. The molecule has 9 heteroatoms. The molecule has 0 radical (unpaired) electrons. The summed E-state index contributed by atoms with van der Waals surface area (Å²) >= 11 is 0. The Kier molecular flexibility index (Phi) is 9.04. The number of rotatable bonds is 11. The fourth-order valence-electron chi connectivity index (χ4n) is 4.18. The number of amides is 3. The monoisotopic (exact) mass is 531 g/mol. The maximum atomic E-state index is 13.2. The van der Waals surface area contributed by atoms with Gasteiger partial charge in [-0.15, -0.1) is 0 Å². The van der Waals surface area contributed by atoms with E-state index in [1.54, 1.807) is 36.4 Å². The Hall–Kier alpha value is -4.53. The fraction of sp³-hybridized carbons (Fsp3) is 0.300. The van der Waals surface area contributed by atoms with E-state index in [0.717, 1.165) is 29.7 Å². The molecule has 3 amide bonds. The van der Waals surface area contributed by atoms with Crippen LogP contribution in [0.25, 0.3) is 0 Å². The Morgan fingerprint density at radius 2 is 1.64 bits per heavy atom. The van der Waals surface area contributed by atoms with Crippen molar-refractivity contribution in [2.24, 2.45) is 0 Å².